The molecule has 30 heavy (non-hydrogen) atoms. The predicted octanol–water partition coefficient (Wildman–Crippen LogP) is 2.05. The lowest BCUT2D eigenvalue weighted by Gasteiger charge is -2.28. The number of fused-ring (bicyclic) bond motifs is 1. The van der Waals surface area contributed by atoms with Crippen molar-refractivity contribution in [3.8, 4) is 0 Å². The van der Waals surface area contributed by atoms with Crippen molar-refractivity contribution in [1.29, 1.82) is 0 Å². The first-order valence-electron chi connectivity index (χ1n) is 9.68. The molecule has 1 aliphatic heterocycles. The second kappa shape index (κ2) is 8.35. The van der Waals surface area contributed by atoms with Crippen molar-refractivity contribution in [2.24, 2.45) is 0 Å². The summed E-state index contributed by atoms with van der Waals surface area (Å²) in [7, 11) is -3.10. The van der Waals surface area contributed by atoms with Crippen molar-refractivity contribution in [2.75, 3.05) is 17.3 Å². The van der Waals surface area contributed by atoms with E-state index in [2.05, 4.69) is 15.2 Å². The van der Waals surface area contributed by atoms with Gasteiger partial charge < -0.3 is 4.90 Å². The summed E-state index contributed by atoms with van der Waals surface area (Å²) in [6.07, 6.45) is 0.474. The highest BCUT2D eigenvalue weighted by molar-refractivity contribution is 7.99. The van der Waals surface area contributed by atoms with Crippen LogP contribution in [-0.2, 0) is 21.2 Å². The molecule has 0 bridgehead atoms. The highest BCUT2D eigenvalue weighted by Gasteiger charge is 2.34. The third-order valence-corrected chi connectivity index (χ3v) is 7.82. The van der Waals surface area contributed by atoms with Crippen LogP contribution in [0.2, 0.25) is 0 Å². The van der Waals surface area contributed by atoms with Crippen molar-refractivity contribution in [1.82, 2.24) is 24.5 Å². The van der Waals surface area contributed by atoms with Gasteiger partial charge in [-0.05, 0) is 31.9 Å². The van der Waals surface area contributed by atoms with E-state index in [1.807, 2.05) is 54.6 Å². The average Bonchev–Trinajstić information content (AvgIpc) is 3.27. The minimum atomic E-state index is -3.10. The molecule has 2 aromatic heterocycles. The molecular weight excluding hydrogens is 422 g/mol. The summed E-state index contributed by atoms with van der Waals surface area (Å²) in [5.41, 5.74) is 2.78. The van der Waals surface area contributed by atoms with Gasteiger partial charge in [0.15, 0.2) is 15.0 Å². The largest absolute Gasteiger partial charge is 0.334 e. The van der Waals surface area contributed by atoms with E-state index in [0.717, 1.165) is 17.0 Å². The second-order valence-corrected chi connectivity index (χ2v) is 10.7. The van der Waals surface area contributed by atoms with Gasteiger partial charge in [-0.1, -0.05) is 42.1 Å². The van der Waals surface area contributed by atoms with Crippen LogP contribution in [0.15, 0.2) is 41.6 Å². The first-order chi connectivity index (χ1) is 14.3. The van der Waals surface area contributed by atoms with Crippen LogP contribution in [0, 0.1) is 13.8 Å². The Balaban J connectivity index is 1.53. The average molecular weight is 446 g/mol. The number of carbonyl (C=O) groups excluding carboxylic acids is 1. The van der Waals surface area contributed by atoms with Gasteiger partial charge in [-0.2, -0.15) is 0 Å². The number of hydrogen-bond donors (Lipinski definition) is 0. The van der Waals surface area contributed by atoms with E-state index in [-0.39, 0.29) is 29.2 Å². The number of aryl methyl sites for hydroxylation is 2. The molecule has 1 atom stereocenters. The van der Waals surface area contributed by atoms with Crippen LogP contribution in [0.5, 0.6) is 0 Å². The molecule has 4 rings (SSSR count). The molecule has 3 aromatic rings. The SMILES string of the molecule is Cc1cc(C)n2c(SCC(=O)N(Cc3ccccc3)C3CCS(=O)(=O)C3)nnc2n1. The summed E-state index contributed by atoms with van der Waals surface area (Å²) in [5, 5.41) is 8.88. The van der Waals surface area contributed by atoms with Gasteiger partial charge in [0.1, 0.15) is 0 Å². The fraction of sp³-hybridized carbons (Fsp3) is 0.400. The summed E-state index contributed by atoms with van der Waals surface area (Å²) in [6.45, 7) is 4.23. The Kier molecular flexibility index (Phi) is 5.79. The van der Waals surface area contributed by atoms with Gasteiger partial charge in [-0.25, -0.2) is 13.4 Å². The van der Waals surface area contributed by atoms with Gasteiger partial charge in [0.05, 0.1) is 17.3 Å². The van der Waals surface area contributed by atoms with Gasteiger partial charge >= 0.3 is 0 Å². The van der Waals surface area contributed by atoms with Crippen LogP contribution >= 0.6 is 11.8 Å². The minimum absolute atomic E-state index is 0.0202. The zero-order valence-corrected chi connectivity index (χ0v) is 18.5. The maximum absolute atomic E-state index is 13.2. The molecule has 1 aromatic carbocycles. The number of thioether (sulfide) groups is 1. The second-order valence-electron chi connectivity index (χ2n) is 7.51. The molecule has 1 unspecified atom stereocenters. The summed E-state index contributed by atoms with van der Waals surface area (Å²) in [5.74, 6) is 0.692. The van der Waals surface area contributed by atoms with E-state index in [1.165, 1.54) is 11.8 Å². The normalized spacial score (nSPS) is 18.0. The summed E-state index contributed by atoms with van der Waals surface area (Å²) in [4.78, 5) is 19.2. The van der Waals surface area contributed by atoms with Crippen LogP contribution in [0.4, 0.5) is 0 Å². The van der Waals surface area contributed by atoms with Crippen LogP contribution in [0.25, 0.3) is 5.78 Å². The van der Waals surface area contributed by atoms with Gasteiger partial charge in [0, 0.05) is 24.0 Å². The molecule has 0 N–H and O–H groups in total. The third-order valence-electron chi connectivity index (χ3n) is 5.15. The molecule has 10 heteroatoms. The lowest BCUT2D eigenvalue weighted by atomic mass is 10.1. The lowest BCUT2D eigenvalue weighted by molar-refractivity contribution is -0.130. The van der Waals surface area contributed by atoms with Gasteiger partial charge in [0.2, 0.25) is 5.91 Å². The van der Waals surface area contributed by atoms with Crippen molar-refractivity contribution >= 4 is 33.3 Å². The van der Waals surface area contributed by atoms with E-state index in [4.69, 9.17) is 0 Å². The van der Waals surface area contributed by atoms with E-state index < -0.39 is 9.84 Å². The van der Waals surface area contributed by atoms with Crippen LogP contribution in [0.3, 0.4) is 0 Å². The van der Waals surface area contributed by atoms with Gasteiger partial charge in [-0.15, -0.1) is 10.2 Å². The molecule has 158 valence electrons. The Morgan fingerprint density at radius 3 is 2.70 bits per heavy atom. The summed E-state index contributed by atoms with van der Waals surface area (Å²) < 4.78 is 25.8. The molecule has 8 nitrogen and oxygen atoms in total. The van der Waals surface area contributed by atoms with E-state index in [9.17, 15) is 13.2 Å². The first kappa shape index (κ1) is 20.8. The molecule has 1 amide bonds. The number of aromatic nitrogens is 4. The predicted molar refractivity (Wildman–Crippen MR) is 115 cm³/mol. The Labute approximate surface area is 179 Å². The van der Waals surface area contributed by atoms with Crippen LogP contribution in [0.1, 0.15) is 23.4 Å². The Hall–Kier alpha value is -2.46. The highest BCUT2D eigenvalue weighted by atomic mass is 32.2. The van der Waals surface area contributed by atoms with E-state index >= 15 is 0 Å². The van der Waals surface area contributed by atoms with Gasteiger partial charge in [0.25, 0.3) is 5.78 Å². The Morgan fingerprint density at radius 1 is 1.23 bits per heavy atom. The molecule has 1 saturated heterocycles. The maximum atomic E-state index is 13.2. The first-order valence-corrected chi connectivity index (χ1v) is 12.5. The molecule has 0 radical (unpaired) electrons. The minimum Gasteiger partial charge on any atom is -0.334 e. The third kappa shape index (κ3) is 4.49. The van der Waals surface area contributed by atoms with Crippen molar-refractivity contribution < 1.29 is 13.2 Å². The number of sulfone groups is 1. The van der Waals surface area contributed by atoms with Crippen molar-refractivity contribution in [3.05, 3.63) is 53.3 Å². The number of amides is 1. The number of carbonyl (C=O) groups is 1. The quantitative estimate of drug-likeness (QED) is 0.536. The number of benzene rings is 1. The van der Waals surface area contributed by atoms with E-state index in [1.54, 1.807) is 4.90 Å². The standard InChI is InChI=1S/C20H23N5O3S2/c1-14-10-15(2)25-19(21-14)22-23-20(25)29-12-18(26)24(11-16-6-4-3-5-7-16)17-8-9-30(27,28)13-17/h3-7,10,17H,8-9,11-13H2,1-2H3. The van der Waals surface area contributed by atoms with Gasteiger partial charge in [-0.3, -0.25) is 9.20 Å². The molecular formula is C20H23N5O3S2. The number of hydrogen-bond acceptors (Lipinski definition) is 7. The molecule has 0 spiro atoms. The van der Waals surface area contributed by atoms with Crippen molar-refractivity contribution in [2.45, 2.75) is 38.0 Å². The monoisotopic (exact) mass is 445 g/mol. The fourth-order valence-electron chi connectivity index (χ4n) is 3.73. The van der Waals surface area contributed by atoms with Crippen LogP contribution in [-0.4, -0.2) is 62.1 Å². The summed E-state index contributed by atoms with van der Waals surface area (Å²) >= 11 is 1.29. The molecule has 0 aliphatic carbocycles. The number of rotatable bonds is 6. The van der Waals surface area contributed by atoms with Crippen LogP contribution < -0.4 is 0 Å². The zero-order chi connectivity index (χ0) is 21.3. The summed E-state index contributed by atoms with van der Waals surface area (Å²) in [6, 6.07) is 11.3. The maximum Gasteiger partial charge on any atom is 0.256 e. The number of nitrogens with zero attached hydrogens (tertiary/aromatic N) is 5. The molecule has 3 heterocycles. The Bertz CT molecular complexity index is 1180. The zero-order valence-electron chi connectivity index (χ0n) is 16.9. The molecule has 1 aliphatic rings. The fourth-order valence-corrected chi connectivity index (χ4v) is 6.33. The van der Waals surface area contributed by atoms with Crippen molar-refractivity contribution in [3.63, 3.8) is 0 Å². The topological polar surface area (TPSA) is 97.5 Å². The molecule has 0 saturated carbocycles. The van der Waals surface area contributed by atoms with E-state index in [0.29, 0.717) is 23.9 Å². The lowest BCUT2D eigenvalue weighted by Crippen LogP contribution is -2.41. The molecule has 1 fully saturated rings. The highest BCUT2D eigenvalue weighted by Crippen LogP contribution is 2.24. The Morgan fingerprint density at radius 2 is 2.00 bits per heavy atom. The smallest absolute Gasteiger partial charge is 0.256 e.